The predicted octanol–water partition coefficient (Wildman–Crippen LogP) is 0.722. The molecule has 0 saturated carbocycles. The minimum atomic E-state index is -3.29. The second-order valence-corrected chi connectivity index (χ2v) is 9.87. The lowest BCUT2D eigenvalue weighted by Gasteiger charge is -2.36. The number of carbonyl (C=O) groups excluding carboxylic acids is 2. The van der Waals surface area contributed by atoms with Crippen molar-refractivity contribution in [1.82, 2.24) is 5.32 Å². The summed E-state index contributed by atoms with van der Waals surface area (Å²) < 4.78 is 23.1. The minimum Gasteiger partial charge on any atom is -0.391 e. The molecule has 4 atom stereocenters. The third kappa shape index (κ3) is 3.52. The van der Waals surface area contributed by atoms with Crippen LogP contribution in [0.15, 0.2) is 4.99 Å². The van der Waals surface area contributed by atoms with E-state index in [0.717, 1.165) is 24.6 Å². The molecule has 1 saturated heterocycles. The van der Waals surface area contributed by atoms with Crippen molar-refractivity contribution in [2.24, 2.45) is 16.3 Å². The van der Waals surface area contributed by atoms with Gasteiger partial charge < -0.3 is 10.4 Å². The van der Waals surface area contributed by atoms with Gasteiger partial charge in [-0.3, -0.25) is 9.59 Å². The molecule has 7 nitrogen and oxygen atoms in total. The molecular formula is C15H24N2O5S2. The third-order valence-electron chi connectivity index (χ3n) is 4.87. The van der Waals surface area contributed by atoms with Crippen LogP contribution in [0.5, 0.6) is 0 Å². The molecule has 2 amide bonds. The lowest BCUT2D eigenvalue weighted by atomic mass is 9.70. The van der Waals surface area contributed by atoms with Gasteiger partial charge in [0.25, 0.3) is 5.91 Å². The number of rotatable bonds is 5. The van der Waals surface area contributed by atoms with Crippen molar-refractivity contribution in [1.29, 1.82) is 0 Å². The number of carbonyl (C=O) groups is 2. The molecule has 2 rings (SSSR count). The van der Waals surface area contributed by atoms with Gasteiger partial charge in [0.05, 0.1) is 22.9 Å². The molecule has 4 unspecified atom stereocenters. The number of hydrogen-bond acceptors (Lipinski definition) is 6. The summed E-state index contributed by atoms with van der Waals surface area (Å²) in [4.78, 5) is 29.3. The highest BCUT2D eigenvalue weighted by molar-refractivity contribution is 8.15. The van der Waals surface area contributed by atoms with Crippen molar-refractivity contribution in [3.05, 3.63) is 0 Å². The normalized spacial score (nSPS) is 33.9. The smallest absolute Gasteiger partial charge is 0.264 e. The maximum Gasteiger partial charge on any atom is 0.264 e. The van der Waals surface area contributed by atoms with Crippen LogP contribution >= 0.6 is 11.8 Å². The van der Waals surface area contributed by atoms with Crippen LogP contribution in [0, 0.1) is 11.3 Å². The maximum absolute atomic E-state index is 12.7. The number of nitrogens with one attached hydrogen (secondary N) is 1. The minimum absolute atomic E-state index is 0.0823. The second kappa shape index (κ2) is 7.13. The number of sulfone groups is 1. The average Bonchev–Trinajstić information content (AvgIpc) is 2.71. The Morgan fingerprint density at radius 1 is 1.38 bits per heavy atom. The van der Waals surface area contributed by atoms with Gasteiger partial charge in [-0.05, 0) is 18.8 Å². The van der Waals surface area contributed by atoms with Crippen LogP contribution in [0.3, 0.4) is 0 Å². The van der Waals surface area contributed by atoms with Crippen LogP contribution in [0.4, 0.5) is 0 Å². The van der Waals surface area contributed by atoms with E-state index in [0.29, 0.717) is 6.42 Å². The zero-order valence-corrected chi connectivity index (χ0v) is 15.7. The molecule has 136 valence electrons. The molecule has 2 heterocycles. The largest absolute Gasteiger partial charge is 0.391 e. The first-order valence-electron chi connectivity index (χ1n) is 8.16. The highest BCUT2D eigenvalue weighted by atomic mass is 32.2. The molecule has 9 heteroatoms. The molecule has 0 bridgehead atoms. The zero-order chi connectivity index (χ0) is 18.1. The number of aliphatic hydroxyl groups is 1. The topological polar surface area (TPSA) is 113 Å². The van der Waals surface area contributed by atoms with Gasteiger partial charge in [0.1, 0.15) is 5.41 Å². The van der Waals surface area contributed by atoms with Crippen LogP contribution in [0.2, 0.25) is 0 Å². The average molecular weight is 377 g/mol. The van der Waals surface area contributed by atoms with Gasteiger partial charge in [0.2, 0.25) is 5.91 Å². The summed E-state index contributed by atoms with van der Waals surface area (Å²) in [5.41, 5.74) is -1.17. The van der Waals surface area contributed by atoms with E-state index in [1.54, 1.807) is 6.92 Å². The summed E-state index contributed by atoms with van der Waals surface area (Å²) in [5.74, 6) is -1.48. The lowest BCUT2D eigenvalue weighted by molar-refractivity contribution is -0.145. The summed E-state index contributed by atoms with van der Waals surface area (Å²) in [6.45, 7) is 5.67. The number of amidine groups is 1. The summed E-state index contributed by atoms with van der Waals surface area (Å²) in [6, 6.07) is 0. The molecule has 0 aromatic heterocycles. The number of thioether (sulfide) groups is 1. The van der Waals surface area contributed by atoms with Crippen molar-refractivity contribution >= 4 is 38.6 Å². The highest BCUT2D eigenvalue weighted by Crippen LogP contribution is 2.39. The Labute approximate surface area is 146 Å². The Bertz CT molecular complexity index is 661. The van der Waals surface area contributed by atoms with Crippen LogP contribution in [-0.2, 0) is 19.4 Å². The van der Waals surface area contributed by atoms with Gasteiger partial charge in [-0.25, -0.2) is 8.42 Å². The highest BCUT2D eigenvalue weighted by Gasteiger charge is 2.51. The molecule has 0 radical (unpaired) electrons. The van der Waals surface area contributed by atoms with Crippen LogP contribution in [-0.4, -0.2) is 53.4 Å². The first kappa shape index (κ1) is 19.4. The Balaban J connectivity index is 2.21. The van der Waals surface area contributed by atoms with E-state index >= 15 is 0 Å². The summed E-state index contributed by atoms with van der Waals surface area (Å²) >= 11 is 0.950. The zero-order valence-electron chi connectivity index (χ0n) is 14.1. The molecule has 2 aliphatic heterocycles. The third-order valence-corrected chi connectivity index (χ3v) is 7.99. The van der Waals surface area contributed by atoms with Crippen molar-refractivity contribution in [3.63, 3.8) is 0 Å². The molecule has 2 aliphatic rings. The fraction of sp³-hybridized carbons (Fsp3) is 0.800. The monoisotopic (exact) mass is 376 g/mol. The molecule has 24 heavy (non-hydrogen) atoms. The molecular weight excluding hydrogens is 352 g/mol. The number of aliphatic imine (C=N–C) groups is 1. The number of hydrogen-bond donors (Lipinski definition) is 2. The van der Waals surface area contributed by atoms with Crippen molar-refractivity contribution in [2.75, 3.05) is 11.5 Å². The summed E-state index contributed by atoms with van der Waals surface area (Å²) in [5, 5.41) is 12.0. The van der Waals surface area contributed by atoms with Crippen LogP contribution in [0.1, 0.15) is 40.0 Å². The van der Waals surface area contributed by atoms with Gasteiger partial charge in [0, 0.05) is 0 Å². The van der Waals surface area contributed by atoms with Crippen molar-refractivity contribution in [2.45, 2.75) is 51.4 Å². The number of amides is 2. The second-order valence-electron chi connectivity index (χ2n) is 6.49. The van der Waals surface area contributed by atoms with E-state index in [9.17, 15) is 23.1 Å². The van der Waals surface area contributed by atoms with E-state index in [4.69, 9.17) is 0 Å². The van der Waals surface area contributed by atoms with E-state index in [2.05, 4.69) is 10.3 Å². The first-order valence-corrected chi connectivity index (χ1v) is 10.9. The van der Waals surface area contributed by atoms with Gasteiger partial charge >= 0.3 is 0 Å². The first-order chi connectivity index (χ1) is 11.2. The molecule has 0 aromatic rings. The lowest BCUT2D eigenvalue weighted by Crippen LogP contribution is -2.55. The maximum atomic E-state index is 12.7. The number of nitrogens with zero attached hydrogens (tertiary/aromatic N) is 1. The van der Waals surface area contributed by atoms with Crippen LogP contribution in [0.25, 0.3) is 0 Å². The quantitative estimate of drug-likeness (QED) is 0.684. The van der Waals surface area contributed by atoms with Crippen molar-refractivity contribution < 1.29 is 23.1 Å². The molecule has 0 aromatic carbocycles. The molecule has 0 aliphatic carbocycles. The standard InChI is InChI=1S/C15H24N2O5S2/c1-4-6-9(3)15(5-2)12(19)16-14(17-13(15)20)23-11-8-24(21,22)7-10(11)18/h9-11,18H,4-8H2,1-3H3,(H,16,17,19,20). The molecule has 2 N–H and O–H groups in total. The van der Waals surface area contributed by atoms with Gasteiger partial charge in [-0.2, -0.15) is 4.99 Å². The van der Waals surface area contributed by atoms with E-state index in [1.807, 2.05) is 13.8 Å². The Kier molecular flexibility index (Phi) is 5.76. The molecule has 1 fully saturated rings. The van der Waals surface area contributed by atoms with Gasteiger partial charge in [-0.1, -0.05) is 39.0 Å². The van der Waals surface area contributed by atoms with Gasteiger partial charge in [0.15, 0.2) is 15.0 Å². The molecule has 0 spiro atoms. The Morgan fingerprint density at radius 2 is 2.04 bits per heavy atom. The Morgan fingerprint density at radius 3 is 2.50 bits per heavy atom. The Hall–Kier alpha value is -0.930. The van der Waals surface area contributed by atoms with Gasteiger partial charge in [-0.15, -0.1) is 0 Å². The van der Waals surface area contributed by atoms with E-state index in [1.165, 1.54) is 0 Å². The number of aliphatic hydroxyl groups excluding tert-OH is 1. The van der Waals surface area contributed by atoms with E-state index in [-0.39, 0.29) is 28.5 Å². The van der Waals surface area contributed by atoms with Crippen LogP contribution < -0.4 is 5.32 Å². The summed E-state index contributed by atoms with van der Waals surface area (Å²) in [7, 11) is -3.29. The summed E-state index contributed by atoms with van der Waals surface area (Å²) in [6.07, 6.45) is 0.943. The van der Waals surface area contributed by atoms with Crippen molar-refractivity contribution in [3.8, 4) is 0 Å². The predicted molar refractivity (Wildman–Crippen MR) is 93.4 cm³/mol. The van der Waals surface area contributed by atoms with E-state index < -0.39 is 32.5 Å². The SMILES string of the molecule is CCCC(C)C1(CC)C(=O)N=C(SC2CS(=O)(=O)CC2O)NC1=O. The fourth-order valence-electron chi connectivity index (χ4n) is 3.41. The fourth-order valence-corrected chi connectivity index (χ4v) is 6.86.